The number of hydrogen-bond acceptors (Lipinski definition) is 4. The van der Waals surface area contributed by atoms with E-state index in [-0.39, 0.29) is 5.97 Å². The minimum atomic E-state index is -0.332. The fourth-order valence-electron chi connectivity index (χ4n) is 1.97. The van der Waals surface area contributed by atoms with Crippen molar-refractivity contribution < 1.29 is 9.53 Å². The van der Waals surface area contributed by atoms with Crippen molar-refractivity contribution in [2.45, 2.75) is 12.8 Å². The number of aromatic nitrogens is 1. The van der Waals surface area contributed by atoms with E-state index in [1.807, 2.05) is 6.07 Å². The molecule has 1 fully saturated rings. The lowest BCUT2D eigenvalue weighted by molar-refractivity contribution is 0.0600. The van der Waals surface area contributed by atoms with Gasteiger partial charge < -0.3 is 10.1 Å². The Labute approximate surface area is 95.0 Å². The number of nitrogens with one attached hydrogen (secondary N) is 1. The number of ether oxygens (including phenoxy) is 1. The standard InChI is InChI=1S/C12H16N2O2/c1-16-12(15)10-2-3-11(14-8-10)6-9-4-5-13-7-9/h2-3,8-9,13H,4-7H2,1H3. The number of hydrogen-bond donors (Lipinski definition) is 1. The first kappa shape index (κ1) is 11.1. The molecular weight excluding hydrogens is 204 g/mol. The second-order valence-electron chi connectivity index (χ2n) is 4.09. The molecule has 1 N–H and O–H groups in total. The molecule has 1 unspecified atom stereocenters. The highest BCUT2D eigenvalue weighted by molar-refractivity contribution is 5.88. The van der Waals surface area contributed by atoms with Gasteiger partial charge in [0.15, 0.2) is 0 Å². The lowest BCUT2D eigenvalue weighted by atomic mass is 10.0. The molecule has 4 nitrogen and oxygen atoms in total. The summed E-state index contributed by atoms with van der Waals surface area (Å²) in [7, 11) is 1.38. The van der Waals surface area contributed by atoms with Crippen LogP contribution in [-0.2, 0) is 11.2 Å². The van der Waals surface area contributed by atoms with Crippen molar-refractivity contribution in [3.63, 3.8) is 0 Å². The zero-order valence-corrected chi connectivity index (χ0v) is 9.40. The van der Waals surface area contributed by atoms with Gasteiger partial charge in [-0.2, -0.15) is 0 Å². The molecule has 1 aromatic heterocycles. The van der Waals surface area contributed by atoms with Gasteiger partial charge in [0.25, 0.3) is 0 Å². The van der Waals surface area contributed by atoms with Crippen LogP contribution in [-0.4, -0.2) is 31.2 Å². The highest BCUT2D eigenvalue weighted by Crippen LogP contribution is 2.14. The van der Waals surface area contributed by atoms with Gasteiger partial charge in [-0.1, -0.05) is 0 Å². The highest BCUT2D eigenvalue weighted by Gasteiger charge is 2.15. The van der Waals surface area contributed by atoms with Crippen molar-refractivity contribution in [3.8, 4) is 0 Å². The topological polar surface area (TPSA) is 51.2 Å². The lowest BCUT2D eigenvalue weighted by Crippen LogP contribution is -2.11. The largest absolute Gasteiger partial charge is 0.465 e. The maximum atomic E-state index is 11.2. The van der Waals surface area contributed by atoms with Crippen LogP contribution >= 0.6 is 0 Å². The third kappa shape index (κ3) is 2.58. The molecule has 0 aliphatic carbocycles. The summed E-state index contributed by atoms with van der Waals surface area (Å²) in [4.78, 5) is 15.5. The Hall–Kier alpha value is -1.42. The van der Waals surface area contributed by atoms with Crippen molar-refractivity contribution in [3.05, 3.63) is 29.6 Å². The van der Waals surface area contributed by atoms with Crippen LogP contribution in [0.25, 0.3) is 0 Å². The smallest absolute Gasteiger partial charge is 0.339 e. The predicted molar refractivity (Wildman–Crippen MR) is 60.3 cm³/mol. The highest BCUT2D eigenvalue weighted by atomic mass is 16.5. The molecule has 1 aliphatic heterocycles. The van der Waals surface area contributed by atoms with Crippen LogP contribution in [0.4, 0.5) is 0 Å². The Kier molecular flexibility index (Phi) is 3.51. The zero-order chi connectivity index (χ0) is 11.4. The normalized spacial score (nSPS) is 19.7. The summed E-state index contributed by atoms with van der Waals surface area (Å²) in [5.41, 5.74) is 1.55. The summed E-state index contributed by atoms with van der Waals surface area (Å²) in [5, 5.41) is 3.33. The maximum Gasteiger partial charge on any atom is 0.339 e. The summed E-state index contributed by atoms with van der Waals surface area (Å²) in [6.07, 6.45) is 3.78. The molecule has 0 spiro atoms. The van der Waals surface area contributed by atoms with Gasteiger partial charge in [0.05, 0.1) is 12.7 Å². The van der Waals surface area contributed by atoms with Crippen molar-refractivity contribution in [2.24, 2.45) is 5.92 Å². The average Bonchev–Trinajstić information content (AvgIpc) is 2.82. The molecule has 1 aromatic rings. The molecule has 1 aliphatic rings. The first-order valence-electron chi connectivity index (χ1n) is 5.53. The lowest BCUT2D eigenvalue weighted by Gasteiger charge is -2.07. The van der Waals surface area contributed by atoms with Crippen LogP contribution in [0, 0.1) is 5.92 Å². The van der Waals surface area contributed by atoms with E-state index in [0.717, 1.165) is 25.2 Å². The summed E-state index contributed by atoms with van der Waals surface area (Å²) < 4.78 is 4.62. The molecule has 16 heavy (non-hydrogen) atoms. The van der Waals surface area contributed by atoms with Crippen LogP contribution in [0.2, 0.25) is 0 Å². The maximum absolute atomic E-state index is 11.2. The Morgan fingerprint density at radius 3 is 3.06 bits per heavy atom. The second kappa shape index (κ2) is 5.07. The fourth-order valence-corrected chi connectivity index (χ4v) is 1.97. The summed E-state index contributed by atoms with van der Waals surface area (Å²) in [6.45, 7) is 2.17. The number of esters is 1. The van der Waals surface area contributed by atoms with Crippen LogP contribution in [0.15, 0.2) is 18.3 Å². The molecule has 0 saturated carbocycles. The van der Waals surface area contributed by atoms with Gasteiger partial charge in [-0.05, 0) is 44.0 Å². The number of methoxy groups -OCH3 is 1. The number of carbonyl (C=O) groups is 1. The first-order chi connectivity index (χ1) is 7.79. The van der Waals surface area contributed by atoms with Gasteiger partial charge in [0.2, 0.25) is 0 Å². The zero-order valence-electron chi connectivity index (χ0n) is 9.40. The van der Waals surface area contributed by atoms with Crippen molar-refractivity contribution in [2.75, 3.05) is 20.2 Å². The second-order valence-corrected chi connectivity index (χ2v) is 4.09. The SMILES string of the molecule is COC(=O)c1ccc(CC2CCNC2)nc1. The number of rotatable bonds is 3. The van der Waals surface area contributed by atoms with Gasteiger partial charge in [-0.3, -0.25) is 4.98 Å². The van der Waals surface area contributed by atoms with E-state index in [9.17, 15) is 4.79 Å². The molecule has 0 aromatic carbocycles. The van der Waals surface area contributed by atoms with Gasteiger partial charge in [-0.15, -0.1) is 0 Å². The Morgan fingerprint density at radius 1 is 1.62 bits per heavy atom. The van der Waals surface area contributed by atoms with Gasteiger partial charge >= 0.3 is 5.97 Å². The Balaban J connectivity index is 1.98. The van der Waals surface area contributed by atoms with E-state index in [0.29, 0.717) is 11.5 Å². The number of pyridine rings is 1. The quantitative estimate of drug-likeness (QED) is 0.773. The third-order valence-electron chi connectivity index (χ3n) is 2.91. The fraction of sp³-hybridized carbons (Fsp3) is 0.500. The molecular formula is C12H16N2O2. The van der Waals surface area contributed by atoms with Crippen LogP contribution in [0.5, 0.6) is 0 Å². The van der Waals surface area contributed by atoms with Crippen LogP contribution < -0.4 is 5.32 Å². The minimum Gasteiger partial charge on any atom is -0.465 e. The number of nitrogens with zero attached hydrogens (tertiary/aromatic N) is 1. The van der Waals surface area contributed by atoms with Crippen LogP contribution in [0.3, 0.4) is 0 Å². The molecule has 0 bridgehead atoms. The van der Waals surface area contributed by atoms with Crippen molar-refractivity contribution >= 4 is 5.97 Å². The molecule has 2 rings (SSSR count). The van der Waals surface area contributed by atoms with E-state index in [1.54, 1.807) is 12.3 Å². The molecule has 2 heterocycles. The van der Waals surface area contributed by atoms with Crippen LogP contribution in [0.1, 0.15) is 22.5 Å². The molecule has 0 radical (unpaired) electrons. The molecule has 0 amide bonds. The molecule has 4 heteroatoms. The van der Waals surface area contributed by atoms with Crippen molar-refractivity contribution in [1.82, 2.24) is 10.3 Å². The predicted octanol–water partition coefficient (Wildman–Crippen LogP) is 1.02. The molecule has 1 saturated heterocycles. The first-order valence-corrected chi connectivity index (χ1v) is 5.53. The summed E-state index contributed by atoms with van der Waals surface area (Å²) >= 11 is 0. The van der Waals surface area contributed by atoms with Gasteiger partial charge in [0.1, 0.15) is 0 Å². The van der Waals surface area contributed by atoms with E-state index in [2.05, 4.69) is 15.0 Å². The van der Waals surface area contributed by atoms with Crippen molar-refractivity contribution in [1.29, 1.82) is 0 Å². The van der Waals surface area contributed by atoms with E-state index in [4.69, 9.17) is 0 Å². The number of carbonyl (C=O) groups excluding carboxylic acids is 1. The van der Waals surface area contributed by atoms with E-state index in [1.165, 1.54) is 13.5 Å². The summed E-state index contributed by atoms with van der Waals surface area (Å²) in [5.74, 6) is 0.345. The molecule has 86 valence electrons. The van der Waals surface area contributed by atoms with Gasteiger partial charge in [-0.25, -0.2) is 4.79 Å². The third-order valence-corrected chi connectivity index (χ3v) is 2.91. The summed E-state index contributed by atoms with van der Waals surface area (Å²) in [6, 6.07) is 3.68. The van der Waals surface area contributed by atoms with E-state index < -0.39 is 0 Å². The molecule has 1 atom stereocenters. The van der Waals surface area contributed by atoms with E-state index >= 15 is 0 Å². The Morgan fingerprint density at radius 2 is 2.50 bits per heavy atom. The minimum absolute atomic E-state index is 0.332. The van der Waals surface area contributed by atoms with Gasteiger partial charge in [0, 0.05) is 11.9 Å². The Bertz CT molecular complexity index is 356. The monoisotopic (exact) mass is 220 g/mol. The average molecular weight is 220 g/mol.